The Kier molecular flexibility index (Phi) is 5.22. The van der Waals surface area contributed by atoms with Crippen molar-refractivity contribution in [3.8, 4) is 0 Å². The summed E-state index contributed by atoms with van der Waals surface area (Å²) in [5.41, 5.74) is 0.132. The molecule has 1 aliphatic carbocycles. The van der Waals surface area contributed by atoms with Crippen molar-refractivity contribution in [2.75, 3.05) is 19.7 Å². The van der Waals surface area contributed by atoms with E-state index in [1.807, 2.05) is 30.8 Å². The number of nitrogens with one attached hydrogen (secondary N) is 1. The lowest BCUT2D eigenvalue weighted by atomic mass is 10.4. The second kappa shape index (κ2) is 6.91. The minimum Gasteiger partial charge on any atom is -0.379 e. The van der Waals surface area contributed by atoms with Gasteiger partial charge < -0.3 is 10.1 Å². The molecule has 1 N–H and O–H groups in total. The molecule has 0 unspecified atom stereocenters. The molecule has 5 heteroatoms. The van der Waals surface area contributed by atoms with E-state index in [1.165, 1.54) is 0 Å². The predicted octanol–water partition coefficient (Wildman–Crippen LogP) is 1.39. The molecular weight excluding hydrogens is 242 g/mol. The summed E-state index contributed by atoms with van der Waals surface area (Å²) in [6.07, 6.45) is 7.42. The molecule has 1 aromatic heterocycles. The Morgan fingerprint density at radius 3 is 2.84 bits per heavy atom. The van der Waals surface area contributed by atoms with Gasteiger partial charge in [0.25, 0.3) is 0 Å². The zero-order valence-corrected chi connectivity index (χ0v) is 12.0. The van der Waals surface area contributed by atoms with Gasteiger partial charge in [-0.2, -0.15) is 0 Å². The van der Waals surface area contributed by atoms with Gasteiger partial charge in [0.15, 0.2) is 0 Å². The molecule has 0 spiro atoms. The van der Waals surface area contributed by atoms with E-state index in [2.05, 4.69) is 5.32 Å². The van der Waals surface area contributed by atoms with Crippen LogP contribution in [0.1, 0.15) is 39.2 Å². The molecule has 0 atom stereocenters. The van der Waals surface area contributed by atoms with Crippen LogP contribution in [0.2, 0.25) is 0 Å². The van der Waals surface area contributed by atoms with Crippen molar-refractivity contribution in [2.24, 2.45) is 0 Å². The average Bonchev–Trinajstić information content (AvgIpc) is 3.14. The molecule has 0 saturated heterocycles. The van der Waals surface area contributed by atoms with E-state index in [0.29, 0.717) is 12.1 Å². The van der Waals surface area contributed by atoms with Crippen molar-refractivity contribution in [2.45, 2.75) is 51.8 Å². The van der Waals surface area contributed by atoms with Gasteiger partial charge in [0.2, 0.25) is 0 Å². The maximum atomic E-state index is 12.0. The highest BCUT2D eigenvalue weighted by Crippen LogP contribution is 2.33. The Bertz CT molecular complexity index is 432. The molecule has 0 radical (unpaired) electrons. The van der Waals surface area contributed by atoms with E-state index in [1.54, 1.807) is 4.57 Å². The average molecular weight is 267 g/mol. The third kappa shape index (κ3) is 4.51. The van der Waals surface area contributed by atoms with E-state index in [-0.39, 0.29) is 5.69 Å². The van der Waals surface area contributed by atoms with Crippen molar-refractivity contribution in [1.82, 2.24) is 14.5 Å². The number of aromatic nitrogens is 2. The lowest BCUT2D eigenvalue weighted by Crippen LogP contribution is -2.29. The minimum atomic E-state index is 0.132. The normalized spacial score (nSPS) is 15.3. The SMILES string of the molecule is CC(C)OCCCNCCn1ccn(C2CC2)c1=O. The summed E-state index contributed by atoms with van der Waals surface area (Å²) in [5, 5.41) is 3.34. The van der Waals surface area contributed by atoms with Gasteiger partial charge in [-0.15, -0.1) is 0 Å². The van der Waals surface area contributed by atoms with Gasteiger partial charge in [0, 0.05) is 38.1 Å². The Labute approximate surface area is 114 Å². The van der Waals surface area contributed by atoms with Crippen molar-refractivity contribution in [1.29, 1.82) is 0 Å². The minimum absolute atomic E-state index is 0.132. The number of hydrogen-bond acceptors (Lipinski definition) is 3. The number of imidazole rings is 1. The van der Waals surface area contributed by atoms with Crippen LogP contribution in [0.5, 0.6) is 0 Å². The first-order valence-electron chi connectivity index (χ1n) is 7.28. The Hall–Kier alpha value is -1.07. The summed E-state index contributed by atoms with van der Waals surface area (Å²) >= 11 is 0. The third-order valence-corrected chi connectivity index (χ3v) is 3.29. The van der Waals surface area contributed by atoms with E-state index in [4.69, 9.17) is 4.74 Å². The van der Waals surface area contributed by atoms with Crippen molar-refractivity contribution in [3.63, 3.8) is 0 Å². The lowest BCUT2D eigenvalue weighted by molar-refractivity contribution is 0.0771. The monoisotopic (exact) mass is 267 g/mol. The van der Waals surface area contributed by atoms with Crippen LogP contribution < -0.4 is 11.0 Å². The van der Waals surface area contributed by atoms with Crippen LogP contribution in [0.25, 0.3) is 0 Å². The van der Waals surface area contributed by atoms with Crippen LogP contribution in [0, 0.1) is 0 Å². The smallest absolute Gasteiger partial charge is 0.328 e. The molecule has 108 valence electrons. The van der Waals surface area contributed by atoms with Crippen molar-refractivity contribution < 1.29 is 4.74 Å². The highest BCUT2D eigenvalue weighted by molar-refractivity contribution is 4.91. The molecule has 1 heterocycles. The standard InChI is InChI=1S/C14H25N3O2/c1-12(2)19-11-3-6-15-7-8-16-9-10-17(14(16)18)13-4-5-13/h9-10,12-13,15H,3-8,11H2,1-2H3. The Balaban J connectivity index is 1.59. The quantitative estimate of drug-likeness (QED) is 0.688. The van der Waals surface area contributed by atoms with Gasteiger partial charge in [-0.05, 0) is 39.7 Å². The van der Waals surface area contributed by atoms with Crippen LogP contribution in [0.3, 0.4) is 0 Å². The van der Waals surface area contributed by atoms with Crippen LogP contribution in [-0.4, -0.2) is 34.9 Å². The van der Waals surface area contributed by atoms with Crippen molar-refractivity contribution in [3.05, 3.63) is 22.9 Å². The van der Waals surface area contributed by atoms with Gasteiger partial charge in [0.1, 0.15) is 0 Å². The molecule has 0 bridgehead atoms. The fourth-order valence-corrected chi connectivity index (χ4v) is 2.07. The van der Waals surface area contributed by atoms with Gasteiger partial charge >= 0.3 is 5.69 Å². The fourth-order valence-electron chi connectivity index (χ4n) is 2.07. The van der Waals surface area contributed by atoms with Gasteiger partial charge in [-0.3, -0.25) is 9.13 Å². The summed E-state index contributed by atoms with van der Waals surface area (Å²) in [4.78, 5) is 12.0. The summed E-state index contributed by atoms with van der Waals surface area (Å²) in [7, 11) is 0. The predicted molar refractivity (Wildman–Crippen MR) is 75.5 cm³/mol. The fraction of sp³-hybridized carbons (Fsp3) is 0.786. The first-order valence-corrected chi connectivity index (χ1v) is 7.28. The molecule has 0 aromatic carbocycles. The van der Waals surface area contributed by atoms with E-state index >= 15 is 0 Å². The molecule has 1 saturated carbocycles. The first kappa shape index (κ1) is 14.3. The van der Waals surface area contributed by atoms with E-state index in [9.17, 15) is 4.79 Å². The first-order chi connectivity index (χ1) is 9.18. The highest BCUT2D eigenvalue weighted by atomic mass is 16.5. The summed E-state index contributed by atoms with van der Waals surface area (Å²) in [6.45, 7) is 7.39. The maximum absolute atomic E-state index is 12.0. The molecule has 5 nitrogen and oxygen atoms in total. The second-order valence-electron chi connectivity index (χ2n) is 5.44. The highest BCUT2D eigenvalue weighted by Gasteiger charge is 2.25. The van der Waals surface area contributed by atoms with E-state index < -0.39 is 0 Å². The van der Waals surface area contributed by atoms with Crippen LogP contribution >= 0.6 is 0 Å². The lowest BCUT2D eigenvalue weighted by Gasteiger charge is -2.08. The van der Waals surface area contributed by atoms with E-state index in [0.717, 1.165) is 45.5 Å². The van der Waals surface area contributed by atoms with Crippen LogP contribution in [0.15, 0.2) is 17.2 Å². The number of hydrogen-bond donors (Lipinski definition) is 1. The number of ether oxygens (including phenoxy) is 1. The summed E-state index contributed by atoms with van der Waals surface area (Å²) in [5.74, 6) is 0. The molecule has 1 aliphatic rings. The zero-order chi connectivity index (χ0) is 13.7. The van der Waals surface area contributed by atoms with Gasteiger partial charge in [0.05, 0.1) is 6.10 Å². The molecule has 2 rings (SSSR count). The van der Waals surface area contributed by atoms with Crippen molar-refractivity contribution >= 4 is 0 Å². The maximum Gasteiger partial charge on any atom is 0.328 e. The topological polar surface area (TPSA) is 48.2 Å². The summed E-state index contributed by atoms with van der Waals surface area (Å²) < 4.78 is 9.11. The van der Waals surface area contributed by atoms with Crippen LogP contribution in [-0.2, 0) is 11.3 Å². The van der Waals surface area contributed by atoms with Gasteiger partial charge in [-0.25, -0.2) is 4.79 Å². The molecule has 0 amide bonds. The number of rotatable bonds is 9. The number of nitrogens with zero attached hydrogens (tertiary/aromatic N) is 2. The second-order valence-corrected chi connectivity index (χ2v) is 5.44. The summed E-state index contributed by atoms with van der Waals surface area (Å²) in [6, 6.07) is 0.467. The molecular formula is C14H25N3O2. The Morgan fingerprint density at radius 2 is 2.16 bits per heavy atom. The molecule has 0 aliphatic heterocycles. The molecule has 1 aromatic rings. The Morgan fingerprint density at radius 1 is 1.37 bits per heavy atom. The molecule has 1 fully saturated rings. The third-order valence-electron chi connectivity index (χ3n) is 3.29. The molecule has 19 heavy (non-hydrogen) atoms. The van der Waals surface area contributed by atoms with Gasteiger partial charge in [-0.1, -0.05) is 0 Å². The van der Waals surface area contributed by atoms with Crippen LogP contribution in [0.4, 0.5) is 0 Å². The largest absolute Gasteiger partial charge is 0.379 e. The zero-order valence-electron chi connectivity index (χ0n) is 12.0.